The Hall–Kier alpha value is -0.910. The van der Waals surface area contributed by atoms with Gasteiger partial charge in [0.25, 0.3) is 0 Å². The third-order valence-corrected chi connectivity index (χ3v) is 2.68. The summed E-state index contributed by atoms with van der Waals surface area (Å²) in [4.78, 5) is 26.1. The number of carbonyl (C=O) groups is 2. The molecule has 0 atom stereocenters. The van der Waals surface area contributed by atoms with Crippen molar-refractivity contribution in [3.05, 3.63) is 29.6 Å². The van der Waals surface area contributed by atoms with Crippen LogP contribution < -0.4 is 0 Å². The number of nitrogens with zero attached hydrogens (tertiary/aromatic N) is 1. The molecule has 0 N–H and O–H groups in total. The van der Waals surface area contributed by atoms with Gasteiger partial charge in [0.1, 0.15) is 11.4 Å². The van der Waals surface area contributed by atoms with E-state index >= 15 is 0 Å². The molecule has 13 heavy (non-hydrogen) atoms. The maximum Gasteiger partial charge on any atom is 0.234 e. The fourth-order valence-electron chi connectivity index (χ4n) is 0.809. The van der Waals surface area contributed by atoms with E-state index in [4.69, 9.17) is 0 Å². The molecule has 1 heterocycles. The fourth-order valence-corrected chi connectivity index (χ4v) is 1.50. The standard InChI is InChI=1S/C9H8INO2/c1-6(12)7-4-3-5-8(11-7)9(13)10-2/h3-5H,2H2,1H3. The van der Waals surface area contributed by atoms with E-state index < -0.39 is 20.7 Å². The van der Waals surface area contributed by atoms with Gasteiger partial charge in [-0.1, -0.05) is 10.6 Å². The van der Waals surface area contributed by atoms with Crippen LogP contribution >= 0.6 is 20.7 Å². The van der Waals surface area contributed by atoms with E-state index in [2.05, 4.69) is 9.50 Å². The summed E-state index contributed by atoms with van der Waals surface area (Å²) < 4.78 is 3.53. The van der Waals surface area contributed by atoms with E-state index in [0.29, 0.717) is 11.4 Å². The van der Waals surface area contributed by atoms with Gasteiger partial charge in [0.05, 0.1) is 0 Å². The first kappa shape index (κ1) is 10.2. The van der Waals surface area contributed by atoms with Gasteiger partial charge in [0.15, 0.2) is 5.78 Å². The molecular formula is C9H8INO2. The molecule has 0 aliphatic heterocycles. The molecule has 0 amide bonds. The van der Waals surface area contributed by atoms with Crippen molar-refractivity contribution in [3.8, 4) is 0 Å². The number of pyridine rings is 1. The molecule has 68 valence electrons. The molecule has 4 heteroatoms. The average molecular weight is 289 g/mol. The first-order valence-electron chi connectivity index (χ1n) is 3.56. The highest BCUT2D eigenvalue weighted by Gasteiger charge is 2.06. The maximum atomic E-state index is 11.2. The Morgan fingerprint density at radius 2 is 2.00 bits per heavy atom. The SMILES string of the molecule is C=IC(=O)c1cccc(C(C)=O)n1. The molecule has 1 rings (SSSR count). The van der Waals surface area contributed by atoms with E-state index in [0.717, 1.165) is 0 Å². The summed E-state index contributed by atoms with van der Waals surface area (Å²) >= 11 is -0.729. The molecule has 0 aliphatic rings. The van der Waals surface area contributed by atoms with Crippen molar-refractivity contribution in [2.45, 2.75) is 6.92 Å². The lowest BCUT2D eigenvalue weighted by atomic mass is 10.2. The Labute approximate surface area is 85.9 Å². The van der Waals surface area contributed by atoms with Crippen LogP contribution in [0.4, 0.5) is 0 Å². The van der Waals surface area contributed by atoms with Crippen LogP contribution in [0.2, 0.25) is 0 Å². The van der Waals surface area contributed by atoms with Crippen molar-refractivity contribution in [1.29, 1.82) is 0 Å². The maximum absolute atomic E-state index is 11.2. The zero-order chi connectivity index (χ0) is 9.84. The van der Waals surface area contributed by atoms with E-state index in [-0.39, 0.29) is 9.57 Å². The van der Waals surface area contributed by atoms with Crippen molar-refractivity contribution >= 4 is 34.8 Å². The largest absolute Gasteiger partial charge is 0.293 e. The average Bonchev–Trinajstić information content (AvgIpc) is 2.17. The van der Waals surface area contributed by atoms with Crippen LogP contribution in [-0.2, 0) is 0 Å². The van der Waals surface area contributed by atoms with Gasteiger partial charge in [0, 0.05) is 6.92 Å². The van der Waals surface area contributed by atoms with E-state index in [9.17, 15) is 9.59 Å². The quantitative estimate of drug-likeness (QED) is 0.484. The summed E-state index contributed by atoms with van der Waals surface area (Å²) in [6, 6.07) is 4.87. The lowest BCUT2D eigenvalue weighted by Crippen LogP contribution is -2.01. The molecule has 0 spiro atoms. The molecule has 0 saturated carbocycles. The lowest BCUT2D eigenvalue weighted by Gasteiger charge is -1.96. The van der Waals surface area contributed by atoms with E-state index in [1.807, 2.05) is 0 Å². The number of hydrogen-bond donors (Lipinski definition) is 0. The third-order valence-electron chi connectivity index (χ3n) is 1.43. The van der Waals surface area contributed by atoms with Crippen LogP contribution in [0.25, 0.3) is 0 Å². The van der Waals surface area contributed by atoms with Crippen molar-refractivity contribution in [1.82, 2.24) is 4.98 Å². The van der Waals surface area contributed by atoms with Crippen LogP contribution in [0.5, 0.6) is 0 Å². The predicted octanol–water partition coefficient (Wildman–Crippen LogP) is 1.83. The summed E-state index contributed by atoms with van der Waals surface area (Å²) in [6.45, 7) is 1.43. The number of rotatable bonds is 3. The molecule has 0 radical (unpaired) electrons. The molecule has 3 nitrogen and oxygen atoms in total. The van der Waals surface area contributed by atoms with Gasteiger partial charge in [-0.25, -0.2) is 4.98 Å². The first-order valence-corrected chi connectivity index (χ1v) is 6.16. The minimum atomic E-state index is -0.729. The molecule has 0 aliphatic carbocycles. The molecule has 0 fully saturated rings. The van der Waals surface area contributed by atoms with Gasteiger partial charge in [-0.3, -0.25) is 9.59 Å². The summed E-state index contributed by atoms with van der Waals surface area (Å²) in [5.41, 5.74) is 0.693. The highest BCUT2D eigenvalue weighted by Crippen LogP contribution is 2.07. The summed E-state index contributed by atoms with van der Waals surface area (Å²) in [5.74, 6) is -0.128. The highest BCUT2D eigenvalue weighted by molar-refractivity contribution is 14.2. The molecule has 1 aromatic rings. The monoisotopic (exact) mass is 289 g/mol. The molecule has 0 bridgehead atoms. The third kappa shape index (κ3) is 2.51. The molecule has 0 unspecified atom stereocenters. The summed E-state index contributed by atoms with van der Waals surface area (Å²) in [5, 5.41) is 0. The minimum Gasteiger partial charge on any atom is -0.293 e. The number of hydrogen-bond acceptors (Lipinski definition) is 3. The van der Waals surface area contributed by atoms with Gasteiger partial charge in [-0.2, -0.15) is 0 Å². The zero-order valence-electron chi connectivity index (χ0n) is 7.08. The van der Waals surface area contributed by atoms with E-state index in [1.165, 1.54) is 6.92 Å². The molecule has 0 saturated heterocycles. The lowest BCUT2D eigenvalue weighted by molar-refractivity contribution is 0.101. The summed E-state index contributed by atoms with van der Waals surface area (Å²) in [6.07, 6.45) is 0. The number of halogens is 1. The van der Waals surface area contributed by atoms with Crippen LogP contribution in [0.1, 0.15) is 27.9 Å². The smallest absolute Gasteiger partial charge is 0.234 e. The van der Waals surface area contributed by atoms with Crippen molar-refractivity contribution in [2.75, 3.05) is 0 Å². The van der Waals surface area contributed by atoms with E-state index in [1.54, 1.807) is 18.2 Å². The second-order valence-corrected chi connectivity index (χ2v) is 4.11. The van der Waals surface area contributed by atoms with Gasteiger partial charge in [-0.05, 0) is 32.9 Å². The topological polar surface area (TPSA) is 47.0 Å². The molecule has 0 aromatic carbocycles. The Morgan fingerprint density at radius 3 is 2.54 bits per heavy atom. The van der Waals surface area contributed by atoms with Crippen LogP contribution in [0.15, 0.2) is 18.2 Å². The number of aromatic nitrogens is 1. The number of ketones is 1. The first-order chi connectivity index (χ1) is 6.15. The minimum absolute atomic E-state index is 0.0399. The highest BCUT2D eigenvalue weighted by atomic mass is 127. The van der Waals surface area contributed by atoms with Crippen molar-refractivity contribution in [2.24, 2.45) is 0 Å². The summed E-state index contributed by atoms with van der Waals surface area (Å²) in [7, 11) is 0. The number of Topliss-reactive ketones (excluding diaryl/α,β-unsaturated/α-hetero) is 1. The second-order valence-electron chi connectivity index (χ2n) is 2.37. The van der Waals surface area contributed by atoms with Gasteiger partial charge >= 0.3 is 0 Å². The molecular weight excluding hydrogens is 281 g/mol. The van der Waals surface area contributed by atoms with Crippen LogP contribution in [0.3, 0.4) is 0 Å². The normalized spacial score (nSPS) is 9.62. The van der Waals surface area contributed by atoms with Crippen LogP contribution in [-0.4, -0.2) is 19.1 Å². The van der Waals surface area contributed by atoms with Crippen molar-refractivity contribution in [3.63, 3.8) is 0 Å². The number of carbonyl (C=O) groups excluding carboxylic acids is 2. The Morgan fingerprint density at radius 1 is 1.38 bits per heavy atom. The molecule has 1 aromatic heterocycles. The predicted molar refractivity (Wildman–Crippen MR) is 59.7 cm³/mol. The second kappa shape index (κ2) is 4.36. The fraction of sp³-hybridized carbons (Fsp3) is 0.111. The van der Waals surface area contributed by atoms with Crippen molar-refractivity contribution < 1.29 is 9.59 Å². The zero-order valence-corrected chi connectivity index (χ0v) is 9.24. The van der Waals surface area contributed by atoms with Crippen LogP contribution in [0, 0.1) is 0 Å². The van der Waals surface area contributed by atoms with Gasteiger partial charge in [-0.15, -0.1) is 0 Å². The Balaban J connectivity index is 3.12. The van der Waals surface area contributed by atoms with Gasteiger partial charge in [0.2, 0.25) is 3.79 Å². The Bertz CT molecular complexity index is 374. The van der Waals surface area contributed by atoms with Gasteiger partial charge < -0.3 is 0 Å². The Kier molecular flexibility index (Phi) is 3.41.